The van der Waals surface area contributed by atoms with E-state index in [1.807, 2.05) is 0 Å². The minimum atomic E-state index is -4.48. The van der Waals surface area contributed by atoms with Gasteiger partial charge in [0.1, 0.15) is 5.60 Å². The lowest BCUT2D eigenvalue weighted by molar-refractivity contribution is -0.141. The van der Waals surface area contributed by atoms with E-state index in [0.29, 0.717) is 0 Å². The van der Waals surface area contributed by atoms with Gasteiger partial charge in [-0.25, -0.2) is 4.79 Å². The highest BCUT2D eigenvalue weighted by atomic mass is 19.4. The average Bonchev–Trinajstić information content (AvgIpc) is 2.59. The Morgan fingerprint density at radius 1 is 1.29 bits per heavy atom. The number of nitrogens with one attached hydrogen (secondary N) is 1. The van der Waals surface area contributed by atoms with Crippen molar-refractivity contribution in [2.24, 2.45) is 0 Å². The van der Waals surface area contributed by atoms with Crippen LogP contribution in [0.2, 0.25) is 0 Å². The second-order valence-electron chi connectivity index (χ2n) is 6.41. The summed E-state index contributed by atoms with van der Waals surface area (Å²) in [7, 11) is 0. The van der Waals surface area contributed by atoms with Crippen LogP contribution in [0.4, 0.5) is 18.0 Å². The molecule has 0 aliphatic carbocycles. The van der Waals surface area contributed by atoms with Gasteiger partial charge < -0.3 is 10.1 Å². The van der Waals surface area contributed by atoms with Gasteiger partial charge in [0.25, 0.3) is 0 Å². The molecule has 0 saturated heterocycles. The zero-order chi connectivity index (χ0) is 16.5. The molecule has 120 valence electrons. The number of carbonyl (C=O) groups is 1. The van der Waals surface area contributed by atoms with Crippen LogP contribution in [-0.4, -0.2) is 27.0 Å². The molecule has 0 aliphatic rings. The fourth-order valence-corrected chi connectivity index (χ4v) is 1.63. The predicted molar refractivity (Wildman–Crippen MR) is 70.7 cm³/mol. The molecule has 1 amide bonds. The van der Waals surface area contributed by atoms with Crippen LogP contribution in [0.25, 0.3) is 0 Å². The summed E-state index contributed by atoms with van der Waals surface area (Å²) in [6, 6.07) is 0.892. The fourth-order valence-electron chi connectivity index (χ4n) is 1.63. The van der Waals surface area contributed by atoms with E-state index >= 15 is 0 Å². The number of amides is 1. The predicted octanol–water partition coefficient (Wildman–Crippen LogP) is 3.21. The lowest BCUT2D eigenvalue weighted by atomic mass is 10.1. The molecule has 1 N–H and O–H groups in total. The van der Waals surface area contributed by atoms with Crippen molar-refractivity contribution in [1.29, 1.82) is 0 Å². The number of halogens is 3. The molecule has 1 aromatic heterocycles. The summed E-state index contributed by atoms with van der Waals surface area (Å²) in [5.41, 5.74) is -2.41. The molecule has 0 unspecified atom stereocenters. The Morgan fingerprint density at radius 2 is 1.86 bits per heavy atom. The van der Waals surface area contributed by atoms with Crippen LogP contribution in [0, 0.1) is 0 Å². The van der Waals surface area contributed by atoms with Crippen LogP contribution < -0.4 is 5.32 Å². The van der Waals surface area contributed by atoms with Crippen molar-refractivity contribution in [3.8, 4) is 0 Å². The van der Waals surface area contributed by atoms with E-state index in [0.717, 1.165) is 10.7 Å². The van der Waals surface area contributed by atoms with Crippen molar-refractivity contribution in [1.82, 2.24) is 15.1 Å². The SMILES string of the molecule is CC(C)(Cn1ccc(C(F)(F)F)n1)NC(=O)OC(C)(C)C. The minimum Gasteiger partial charge on any atom is -0.444 e. The van der Waals surface area contributed by atoms with Gasteiger partial charge in [0, 0.05) is 6.20 Å². The molecular formula is C13H20F3N3O2. The van der Waals surface area contributed by atoms with Gasteiger partial charge in [-0.3, -0.25) is 4.68 Å². The van der Waals surface area contributed by atoms with Crippen LogP contribution in [-0.2, 0) is 17.5 Å². The molecule has 1 aromatic rings. The second-order valence-corrected chi connectivity index (χ2v) is 6.41. The molecule has 1 rings (SSSR count). The Balaban J connectivity index is 2.68. The number of alkyl halides is 3. The van der Waals surface area contributed by atoms with Crippen LogP contribution >= 0.6 is 0 Å². The van der Waals surface area contributed by atoms with Gasteiger partial charge in [0.05, 0.1) is 12.1 Å². The quantitative estimate of drug-likeness (QED) is 0.933. The summed E-state index contributed by atoms with van der Waals surface area (Å²) in [6.45, 7) is 8.61. The van der Waals surface area contributed by atoms with Gasteiger partial charge in [-0.05, 0) is 40.7 Å². The molecule has 0 saturated carbocycles. The third-order valence-electron chi connectivity index (χ3n) is 2.33. The van der Waals surface area contributed by atoms with E-state index in [4.69, 9.17) is 4.74 Å². The van der Waals surface area contributed by atoms with E-state index in [-0.39, 0.29) is 6.54 Å². The number of carbonyl (C=O) groups excluding carboxylic acids is 1. The molecule has 0 aromatic carbocycles. The van der Waals surface area contributed by atoms with Crippen molar-refractivity contribution >= 4 is 6.09 Å². The summed E-state index contributed by atoms with van der Waals surface area (Å²) in [6.07, 6.45) is -3.88. The van der Waals surface area contributed by atoms with Gasteiger partial charge in [-0.15, -0.1) is 0 Å². The molecule has 0 radical (unpaired) electrons. The van der Waals surface area contributed by atoms with Crippen molar-refractivity contribution in [3.05, 3.63) is 18.0 Å². The van der Waals surface area contributed by atoms with Gasteiger partial charge in [-0.2, -0.15) is 18.3 Å². The van der Waals surface area contributed by atoms with Gasteiger partial charge in [-0.1, -0.05) is 0 Å². The highest BCUT2D eigenvalue weighted by molar-refractivity contribution is 5.68. The number of nitrogens with zero attached hydrogens (tertiary/aromatic N) is 2. The molecule has 21 heavy (non-hydrogen) atoms. The smallest absolute Gasteiger partial charge is 0.435 e. The molecule has 5 nitrogen and oxygen atoms in total. The number of rotatable bonds is 3. The molecule has 0 spiro atoms. The lowest BCUT2D eigenvalue weighted by Crippen LogP contribution is -2.48. The zero-order valence-corrected chi connectivity index (χ0v) is 12.7. The molecular weight excluding hydrogens is 287 g/mol. The summed E-state index contributed by atoms with van der Waals surface area (Å²) >= 11 is 0. The minimum absolute atomic E-state index is 0.0856. The molecule has 1 heterocycles. The number of alkyl carbamates (subject to hydrolysis) is 1. The van der Waals surface area contributed by atoms with Crippen molar-refractivity contribution in [3.63, 3.8) is 0 Å². The largest absolute Gasteiger partial charge is 0.444 e. The molecule has 0 atom stereocenters. The number of aromatic nitrogens is 2. The highest BCUT2D eigenvalue weighted by Gasteiger charge is 2.34. The maximum absolute atomic E-state index is 12.5. The Kier molecular flexibility index (Phi) is 4.60. The van der Waals surface area contributed by atoms with Gasteiger partial charge in [0.2, 0.25) is 0 Å². The highest BCUT2D eigenvalue weighted by Crippen LogP contribution is 2.27. The molecule has 0 bridgehead atoms. The third-order valence-corrected chi connectivity index (χ3v) is 2.33. The van der Waals surface area contributed by atoms with Crippen molar-refractivity contribution < 1.29 is 22.7 Å². The average molecular weight is 307 g/mol. The van der Waals surface area contributed by atoms with E-state index < -0.39 is 29.1 Å². The first kappa shape index (κ1) is 17.3. The first-order valence-corrected chi connectivity index (χ1v) is 6.40. The van der Waals surface area contributed by atoms with Gasteiger partial charge in [0.15, 0.2) is 5.69 Å². The van der Waals surface area contributed by atoms with Crippen LogP contribution in [0.15, 0.2) is 12.3 Å². The number of hydrogen-bond acceptors (Lipinski definition) is 3. The first-order chi connectivity index (χ1) is 9.28. The van der Waals surface area contributed by atoms with Gasteiger partial charge >= 0.3 is 12.3 Å². The zero-order valence-electron chi connectivity index (χ0n) is 12.7. The second kappa shape index (κ2) is 5.57. The fraction of sp³-hybridized carbons (Fsp3) is 0.692. The Hall–Kier alpha value is -1.73. The van der Waals surface area contributed by atoms with Crippen LogP contribution in [0.3, 0.4) is 0 Å². The summed E-state index contributed by atoms with van der Waals surface area (Å²) < 4.78 is 43.6. The normalized spacial score (nSPS) is 13.1. The van der Waals surface area contributed by atoms with E-state index in [1.165, 1.54) is 6.20 Å². The van der Waals surface area contributed by atoms with Crippen LogP contribution in [0.5, 0.6) is 0 Å². The monoisotopic (exact) mass is 307 g/mol. The Morgan fingerprint density at radius 3 is 2.29 bits per heavy atom. The standard InChI is InChI=1S/C13H20F3N3O2/c1-11(2,3)21-10(20)17-12(4,5)8-19-7-6-9(18-19)13(14,15)16/h6-7H,8H2,1-5H3,(H,17,20). The van der Waals surface area contributed by atoms with E-state index in [2.05, 4.69) is 10.4 Å². The lowest BCUT2D eigenvalue weighted by Gasteiger charge is -2.28. The van der Waals surface area contributed by atoms with Crippen LogP contribution in [0.1, 0.15) is 40.3 Å². The van der Waals surface area contributed by atoms with Crippen molar-refractivity contribution in [2.45, 2.75) is 58.5 Å². The maximum atomic E-state index is 12.5. The third kappa shape index (κ3) is 6.05. The number of hydrogen-bond donors (Lipinski definition) is 1. The van der Waals surface area contributed by atoms with E-state index in [1.54, 1.807) is 34.6 Å². The molecule has 0 aliphatic heterocycles. The summed E-state index contributed by atoms with van der Waals surface area (Å²) in [5, 5.41) is 6.05. The van der Waals surface area contributed by atoms with E-state index in [9.17, 15) is 18.0 Å². The van der Waals surface area contributed by atoms with Crippen molar-refractivity contribution in [2.75, 3.05) is 0 Å². The Bertz CT molecular complexity index is 501. The molecule has 0 fully saturated rings. The summed E-state index contributed by atoms with van der Waals surface area (Å²) in [4.78, 5) is 11.7. The maximum Gasteiger partial charge on any atom is 0.435 e. The summed E-state index contributed by atoms with van der Waals surface area (Å²) in [5.74, 6) is 0. The topological polar surface area (TPSA) is 56.2 Å². The first-order valence-electron chi connectivity index (χ1n) is 6.40. The molecule has 8 heteroatoms. The number of ether oxygens (including phenoxy) is 1. The Labute approximate surface area is 121 Å².